The molecule has 0 N–H and O–H groups in total. The van der Waals surface area contributed by atoms with Crippen molar-refractivity contribution in [2.24, 2.45) is 4.99 Å². The summed E-state index contributed by atoms with van der Waals surface area (Å²) < 4.78 is 0. The van der Waals surface area contributed by atoms with E-state index in [2.05, 4.69) is 15.0 Å². The van der Waals surface area contributed by atoms with E-state index in [-0.39, 0.29) is 5.54 Å². The predicted molar refractivity (Wildman–Crippen MR) is 58.6 cm³/mol. The lowest BCUT2D eigenvalue weighted by atomic mass is 10.1. The van der Waals surface area contributed by atoms with E-state index in [0.717, 1.165) is 29.3 Å². The molecule has 4 nitrogen and oxygen atoms in total. The Bertz CT molecular complexity index is 598. The molecule has 2 aromatic heterocycles. The number of pyridine rings is 2. The minimum atomic E-state index is -0.348. The molecule has 1 fully saturated rings. The number of aromatic nitrogens is 2. The van der Waals surface area contributed by atoms with E-state index in [1.807, 2.05) is 12.1 Å². The molecule has 0 aromatic carbocycles. The molecule has 0 amide bonds. The zero-order valence-electron chi connectivity index (χ0n) is 8.55. The van der Waals surface area contributed by atoms with Crippen molar-refractivity contribution < 1.29 is 4.79 Å². The van der Waals surface area contributed by atoms with Crippen LogP contribution in [0.15, 0.2) is 35.7 Å². The first-order chi connectivity index (χ1) is 7.84. The van der Waals surface area contributed by atoms with Crippen molar-refractivity contribution in [3.63, 3.8) is 0 Å². The van der Waals surface area contributed by atoms with Crippen LogP contribution in [0.25, 0.3) is 10.9 Å². The maximum absolute atomic E-state index is 10.4. The van der Waals surface area contributed by atoms with Gasteiger partial charge in [0, 0.05) is 24.0 Å². The highest BCUT2D eigenvalue weighted by Crippen LogP contribution is 2.49. The topological polar surface area (TPSA) is 55.2 Å². The van der Waals surface area contributed by atoms with Crippen LogP contribution in [0.1, 0.15) is 18.4 Å². The lowest BCUT2D eigenvalue weighted by Gasteiger charge is -2.07. The van der Waals surface area contributed by atoms with Crippen LogP contribution in [0.3, 0.4) is 0 Å². The molecule has 78 valence electrons. The summed E-state index contributed by atoms with van der Waals surface area (Å²) in [6.07, 6.45) is 8.72. The fourth-order valence-electron chi connectivity index (χ4n) is 1.90. The molecule has 0 unspecified atom stereocenters. The van der Waals surface area contributed by atoms with Crippen LogP contribution in [0.5, 0.6) is 0 Å². The molecule has 2 aromatic rings. The number of hydrogen-bond donors (Lipinski definition) is 0. The molecule has 0 radical (unpaired) electrons. The Balaban J connectivity index is 2.15. The molecular formula is C12H9N3O. The van der Waals surface area contributed by atoms with Gasteiger partial charge in [0.25, 0.3) is 0 Å². The van der Waals surface area contributed by atoms with Crippen molar-refractivity contribution >= 4 is 17.0 Å². The second-order valence-corrected chi connectivity index (χ2v) is 4.03. The third kappa shape index (κ3) is 1.32. The van der Waals surface area contributed by atoms with Crippen LogP contribution in [-0.2, 0) is 10.3 Å². The average Bonchev–Trinajstić information content (AvgIpc) is 3.10. The summed E-state index contributed by atoms with van der Waals surface area (Å²) in [6.45, 7) is 0. The zero-order valence-corrected chi connectivity index (χ0v) is 8.55. The summed E-state index contributed by atoms with van der Waals surface area (Å²) in [4.78, 5) is 22.6. The van der Waals surface area contributed by atoms with Gasteiger partial charge in [-0.1, -0.05) is 0 Å². The molecule has 1 aliphatic carbocycles. The van der Waals surface area contributed by atoms with Crippen molar-refractivity contribution in [3.8, 4) is 0 Å². The van der Waals surface area contributed by atoms with E-state index in [1.165, 1.54) is 0 Å². The van der Waals surface area contributed by atoms with Gasteiger partial charge < -0.3 is 0 Å². The fraction of sp³-hybridized carbons (Fsp3) is 0.250. The van der Waals surface area contributed by atoms with Gasteiger partial charge in [0.05, 0.1) is 11.1 Å². The Morgan fingerprint density at radius 3 is 3.00 bits per heavy atom. The van der Waals surface area contributed by atoms with Gasteiger partial charge in [-0.3, -0.25) is 9.97 Å². The first-order valence-electron chi connectivity index (χ1n) is 5.13. The first kappa shape index (κ1) is 9.19. The SMILES string of the molecule is O=C=NC1(c2cnc3ccncc3c2)CC1. The van der Waals surface area contributed by atoms with E-state index in [1.54, 1.807) is 24.7 Å². The second-order valence-electron chi connectivity index (χ2n) is 4.03. The van der Waals surface area contributed by atoms with Gasteiger partial charge in [0.2, 0.25) is 6.08 Å². The summed E-state index contributed by atoms with van der Waals surface area (Å²) in [5, 5.41) is 0.979. The average molecular weight is 211 g/mol. The van der Waals surface area contributed by atoms with Crippen LogP contribution in [0.4, 0.5) is 0 Å². The maximum Gasteiger partial charge on any atom is 0.235 e. The van der Waals surface area contributed by atoms with E-state index in [0.29, 0.717) is 0 Å². The van der Waals surface area contributed by atoms with E-state index in [4.69, 9.17) is 0 Å². The van der Waals surface area contributed by atoms with Crippen LogP contribution < -0.4 is 0 Å². The molecular weight excluding hydrogens is 202 g/mol. The largest absolute Gasteiger partial charge is 0.264 e. The van der Waals surface area contributed by atoms with E-state index < -0.39 is 0 Å². The smallest absolute Gasteiger partial charge is 0.235 e. The number of rotatable bonds is 2. The Hall–Kier alpha value is -2.06. The Morgan fingerprint density at radius 2 is 2.25 bits per heavy atom. The highest BCUT2D eigenvalue weighted by Gasteiger charge is 2.45. The van der Waals surface area contributed by atoms with Crippen molar-refractivity contribution in [1.82, 2.24) is 9.97 Å². The number of isocyanates is 1. The Labute approximate surface area is 92.1 Å². The Kier molecular flexibility index (Phi) is 1.85. The van der Waals surface area contributed by atoms with Crippen LogP contribution >= 0.6 is 0 Å². The van der Waals surface area contributed by atoms with Crippen molar-refractivity contribution in [2.45, 2.75) is 18.4 Å². The molecule has 0 atom stereocenters. The minimum Gasteiger partial charge on any atom is -0.264 e. The predicted octanol–water partition coefficient (Wildman–Crippen LogP) is 1.95. The van der Waals surface area contributed by atoms with Gasteiger partial charge in [0.15, 0.2) is 0 Å². The van der Waals surface area contributed by atoms with Crippen molar-refractivity contribution in [2.75, 3.05) is 0 Å². The molecule has 4 heteroatoms. The molecule has 0 saturated heterocycles. The third-order valence-corrected chi connectivity index (χ3v) is 3.00. The van der Waals surface area contributed by atoms with Crippen molar-refractivity contribution in [1.29, 1.82) is 0 Å². The zero-order chi connectivity index (χ0) is 11.0. The lowest BCUT2D eigenvalue weighted by Crippen LogP contribution is -2.02. The fourth-order valence-corrected chi connectivity index (χ4v) is 1.90. The van der Waals surface area contributed by atoms with Gasteiger partial charge in [-0.2, -0.15) is 4.99 Å². The quantitative estimate of drug-likeness (QED) is 0.563. The summed E-state index contributed by atoms with van der Waals surface area (Å²) in [6, 6.07) is 3.87. The highest BCUT2D eigenvalue weighted by atomic mass is 16.1. The highest BCUT2D eigenvalue weighted by molar-refractivity contribution is 5.78. The summed E-state index contributed by atoms with van der Waals surface area (Å²) in [5.41, 5.74) is 1.54. The molecule has 0 spiro atoms. The molecule has 2 heterocycles. The van der Waals surface area contributed by atoms with Gasteiger partial charge in [0.1, 0.15) is 0 Å². The number of carbonyl (C=O) groups excluding carboxylic acids is 1. The molecule has 1 saturated carbocycles. The van der Waals surface area contributed by atoms with Crippen LogP contribution in [0.2, 0.25) is 0 Å². The van der Waals surface area contributed by atoms with E-state index in [9.17, 15) is 4.79 Å². The number of fused-ring (bicyclic) bond motifs is 1. The lowest BCUT2D eigenvalue weighted by molar-refractivity contribution is 0.556. The number of nitrogens with zero attached hydrogens (tertiary/aromatic N) is 3. The minimum absolute atomic E-state index is 0.348. The molecule has 0 bridgehead atoms. The Morgan fingerprint density at radius 1 is 1.38 bits per heavy atom. The van der Waals surface area contributed by atoms with Gasteiger partial charge in [-0.25, -0.2) is 4.79 Å². The summed E-state index contributed by atoms with van der Waals surface area (Å²) >= 11 is 0. The van der Waals surface area contributed by atoms with Crippen LogP contribution in [0, 0.1) is 0 Å². The summed E-state index contributed by atoms with van der Waals surface area (Å²) in [7, 11) is 0. The molecule has 0 aliphatic heterocycles. The van der Waals surface area contributed by atoms with Gasteiger partial charge >= 0.3 is 0 Å². The van der Waals surface area contributed by atoms with Gasteiger partial charge in [-0.15, -0.1) is 0 Å². The molecule has 16 heavy (non-hydrogen) atoms. The normalized spacial score (nSPS) is 16.8. The van der Waals surface area contributed by atoms with Crippen molar-refractivity contribution in [3.05, 3.63) is 36.3 Å². The maximum atomic E-state index is 10.4. The third-order valence-electron chi connectivity index (χ3n) is 3.00. The van der Waals surface area contributed by atoms with Gasteiger partial charge in [-0.05, 0) is 30.5 Å². The monoisotopic (exact) mass is 211 g/mol. The standard InChI is InChI=1S/C12H9N3O/c16-8-15-12(2-3-12)10-5-9-6-13-4-1-11(9)14-7-10/h1,4-7H,2-3H2. The number of hydrogen-bond acceptors (Lipinski definition) is 4. The number of aliphatic imine (C=N–C) groups is 1. The van der Waals surface area contributed by atoms with E-state index >= 15 is 0 Å². The molecule has 1 aliphatic rings. The first-order valence-corrected chi connectivity index (χ1v) is 5.13. The van der Waals surface area contributed by atoms with Crippen LogP contribution in [-0.4, -0.2) is 16.0 Å². The molecule has 3 rings (SSSR count). The summed E-state index contributed by atoms with van der Waals surface area (Å²) in [5.74, 6) is 0. The second kappa shape index (κ2) is 3.22.